The Morgan fingerprint density at radius 1 is 0.436 bits per heavy atom. The lowest BCUT2D eigenvalue weighted by Crippen LogP contribution is -2.21. The molecule has 2 saturated carbocycles. The summed E-state index contributed by atoms with van der Waals surface area (Å²) in [6.07, 6.45) is 42.7. The topological polar surface area (TPSA) is 55.4 Å². The van der Waals surface area contributed by atoms with Crippen molar-refractivity contribution in [2.45, 2.75) is 234 Å². The van der Waals surface area contributed by atoms with E-state index in [0.29, 0.717) is 50.5 Å². The summed E-state index contributed by atoms with van der Waals surface area (Å²) in [5.41, 5.74) is 10.5. The Hall–Kier alpha value is -2.84. The molecule has 0 aromatic heterocycles. The van der Waals surface area contributed by atoms with Gasteiger partial charge >= 0.3 is 0 Å². The molecule has 2 aliphatic rings. The average molecular weight is 1080 g/mol. The molecule has 0 N–H and O–H groups in total. The van der Waals surface area contributed by atoms with Gasteiger partial charge in [0.05, 0.1) is 45.2 Å². The van der Waals surface area contributed by atoms with Crippen LogP contribution in [0.1, 0.15) is 215 Å². The Morgan fingerprint density at radius 2 is 0.987 bits per heavy atom. The van der Waals surface area contributed by atoms with Gasteiger partial charge in [0.2, 0.25) is 0 Å². The van der Waals surface area contributed by atoms with Gasteiger partial charge in [0.15, 0.2) is 0 Å². The van der Waals surface area contributed by atoms with Crippen LogP contribution in [0.25, 0.3) is 0 Å². The molecule has 2 aliphatic carbocycles. The van der Waals surface area contributed by atoms with Crippen molar-refractivity contribution in [3.8, 4) is 0 Å². The number of unbranched alkanes of at least 4 members (excludes halogenated alkanes) is 2. The van der Waals surface area contributed by atoms with Gasteiger partial charge in [-0.25, -0.2) is 0 Å². The first kappa shape index (κ1) is 69.4. The maximum absolute atomic E-state index is 6.64. The van der Waals surface area contributed by atoms with Crippen molar-refractivity contribution in [2.24, 2.45) is 35.5 Å². The average Bonchev–Trinajstić information content (AvgIpc) is 3.60. The van der Waals surface area contributed by atoms with Crippen LogP contribution in [0.3, 0.4) is 0 Å². The fourth-order valence-corrected chi connectivity index (χ4v) is 12.9. The molecule has 8 atom stereocenters. The molecule has 0 heterocycles. The number of rotatable bonds is 39. The first-order chi connectivity index (χ1) is 38.2. The highest BCUT2D eigenvalue weighted by Gasteiger charge is 2.28. The maximum Gasteiger partial charge on any atom is 0.0644 e. The second-order valence-corrected chi connectivity index (χ2v) is 23.7. The minimum absolute atomic E-state index is 0.322. The largest absolute Gasteiger partial charge is 0.381 e. The molecule has 0 amide bonds. The molecular formula is C72H120O6. The lowest BCUT2D eigenvalue weighted by atomic mass is 9.80. The molecule has 8 unspecified atom stereocenters. The predicted octanol–water partition coefficient (Wildman–Crippen LogP) is 18.6. The van der Waals surface area contributed by atoms with Gasteiger partial charge in [-0.2, -0.15) is 0 Å². The number of benzene rings is 2. The van der Waals surface area contributed by atoms with Crippen molar-refractivity contribution in [1.29, 1.82) is 0 Å². The molecule has 0 aliphatic heterocycles. The van der Waals surface area contributed by atoms with Gasteiger partial charge in [-0.3, -0.25) is 0 Å². The van der Waals surface area contributed by atoms with Gasteiger partial charge in [-0.1, -0.05) is 147 Å². The van der Waals surface area contributed by atoms with E-state index in [-0.39, 0.29) is 0 Å². The minimum atomic E-state index is 0.322. The van der Waals surface area contributed by atoms with E-state index in [0.717, 1.165) is 134 Å². The molecule has 2 aromatic rings. The Kier molecular flexibility index (Phi) is 39.9. The van der Waals surface area contributed by atoms with Crippen LogP contribution in [0.5, 0.6) is 0 Å². The molecule has 0 radical (unpaired) electrons. The molecule has 444 valence electrons. The van der Waals surface area contributed by atoms with Crippen LogP contribution in [0.15, 0.2) is 81.0 Å². The summed E-state index contributed by atoms with van der Waals surface area (Å²) in [6.45, 7) is 35.7. The van der Waals surface area contributed by atoms with Crippen molar-refractivity contribution in [1.82, 2.24) is 0 Å². The van der Waals surface area contributed by atoms with Gasteiger partial charge in [0.25, 0.3) is 0 Å². The van der Waals surface area contributed by atoms with Crippen LogP contribution in [0.4, 0.5) is 0 Å². The summed E-state index contributed by atoms with van der Waals surface area (Å²) in [4.78, 5) is 0. The quantitative estimate of drug-likeness (QED) is 0.0491. The van der Waals surface area contributed by atoms with Crippen molar-refractivity contribution in [3.05, 3.63) is 120 Å². The zero-order chi connectivity index (χ0) is 56.4. The molecule has 0 saturated heterocycles. The Bertz CT molecular complexity index is 1840. The van der Waals surface area contributed by atoms with Crippen molar-refractivity contribution >= 4 is 0 Å². The van der Waals surface area contributed by atoms with E-state index in [4.69, 9.17) is 28.4 Å². The summed E-state index contributed by atoms with van der Waals surface area (Å²) in [5.74, 6) is 4.91. The lowest BCUT2D eigenvalue weighted by molar-refractivity contribution is 0.0239. The standard InChI is InChI=1S/C39H66O2.C33H54O4/c1-7-16-36-29-33(10-4)28-35(20-19-34(30-36)17-13-12-14-25-40-23-8-2)21-22-39-31-38(18-15-26-41-24-9-3)32(6)27-37(39)11-5;1-6-18-35-20-10-11-30-14-12-27(8-3)23-31(30)17-22-37-32-15-13-29(16-21-36-19-7-2)26-33(34-5)25-28(9-4)24-32/h8-9,27,31,33-36H,2-3,7,10-26,28-30H2,1,4-6H3;6-7,12,14,23,28-29,32-33H,1-2,8-11,13,15-22,24-26H2,3-5H3. The Morgan fingerprint density at radius 3 is 1.62 bits per heavy atom. The van der Waals surface area contributed by atoms with Crippen LogP contribution in [-0.2, 0) is 66.9 Å². The normalized spacial score (nSPS) is 22.1. The van der Waals surface area contributed by atoms with Gasteiger partial charge in [-0.15, -0.1) is 26.3 Å². The smallest absolute Gasteiger partial charge is 0.0644 e. The van der Waals surface area contributed by atoms with E-state index in [1.165, 1.54) is 131 Å². The molecule has 0 spiro atoms. The number of hydrogen-bond acceptors (Lipinski definition) is 6. The van der Waals surface area contributed by atoms with E-state index in [2.05, 4.69) is 98.2 Å². The molecule has 2 fully saturated rings. The van der Waals surface area contributed by atoms with Crippen molar-refractivity contribution in [3.63, 3.8) is 0 Å². The van der Waals surface area contributed by atoms with Crippen LogP contribution < -0.4 is 0 Å². The molecule has 6 nitrogen and oxygen atoms in total. The summed E-state index contributed by atoms with van der Waals surface area (Å²) >= 11 is 0. The fraction of sp³-hybridized carbons (Fsp3) is 0.722. The first-order valence-corrected chi connectivity index (χ1v) is 32.3. The Balaban J connectivity index is 0.000000412. The van der Waals surface area contributed by atoms with Crippen LogP contribution in [0, 0.1) is 42.4 Å². The number of hydrogen-bond donors (Lipinski definition) is 0. The van der Waals surface area contributed by atoms with E-state index >= 15 is 0 Å². The van der Waals surface area contributed by atoms with Crippen LogP contribution >= 0.6 is 0 Å². The monoisotopic (exact) mass is 1080 g/mol. The summed E-state index contributed by atoms with van der Waals surface area (Å²) in [7, 11) is 1.88. The highest BCUT2D eigenvalue weighted by molar-refractivity contribution is 5.38. The zero-order valence-electron chi connectivity index (χ0n) is 51.8. The predicted molar refractivity (Wildman–Crippen MR) is 335 cm³/mol. The molecule has 78 heavy (non-hydrogen) atoms. The Labute approximate surface area is 481 Å². The third-order valence-electron chi connectivity index (χ3n) is 17.6. The van der Waals surface area contributed by atoms with Crippen LogP contribution in [0.2, 0.25) is 0 Å². The fourth-order valence-electron chi connectivity index (χ4n) is 12.9. The lowest BCUT2D eigenvalue weighted by Gasteiger charge is -2.25. The number of aryl methyl sites for hydroxylation is 6. The van der Waals surface area contributed by atoms with Crippen molar-refractivity contribution < 1.29 is 28.4 Å². The third kappa shape index (κ3) is 29.7. The van der Waals surface area contributed by atoms with Gasteiger partial charge in [-0.05, 0) is 203 Å². The maximum atomic E-state index is 6.64. The van der Waals surface area contributed by atoms with Gasteiger partial charge < -0.3 is 28.4 Å². The number of ether oxygens (including phenoxy) is 6. The highest BCUT2D eigenvalue weighted by Crippen LogP contribution is 2.39. The highest BCUT2D eigenvalue weighted by atomic mass is 16.5. The first-order valence-electron chi connectivity index (χ1n) is 32.3. The molecule has 4 rings (SSSR count). The molecule has 2 aromatic carbocycles. The molecule has 0 bridgehead atoms. The second-order valence-electron chi connectivity index (χ2n) is 23.7. The van der Waals surface area contributed by atoms with Crippen LogP contribution in [-0.4, -0.2) is 78.8 Å². The molecular weight excluding hydrogens is 961 g/mol. The van der Waals surface area contributed by atoms with E-state index < -0.39 is 0 Å². The number of methoxy groups -OCH3 is 1. The minimum Gasteiger partial charge on any atom is -0.381 e. The summed E-state index contributed by atoms with van der Waals surface area (Å²) in [6, 6.07) is 12.0. The van der Waals surface area contributed by atoms with Gasteiger partial charge in [0, 0.05) is 33.5 Å². The van der Waals surface area contributed by atoms with Crippen molar-refractivity contribution in [2.75, 3.05) is 66.6 Å². The zero-order valence-corrected chi connectivity index (χ0v) is 51.8. The molecule has 6 heteroatoms. The third-order valence-corrected chi connectivity index (χ3v) is 17.6. The summed E-state index contributed by atoms with van der Waals surface area (Å²) < 4.78 is 35.1. The van der Waals surface area contributed by atoms with E-state index in [1.54, 1.807) is 11.1 Å². The van der Waals surface area contributed by atoms with E-state index in [1.807, 2.05) is 31.4 Å². The summed E-state index contributed by atoms with van der Waals surface area (Å²) in [5, 5.41) is 0. The van der Waals surface area contributed by atoms with Gasteiger partial charge in [0.1, 0.15) is 0 Å². The van der Waals surface area contributed by atoms with E-state index in [9.17, 15) is 0 Å². The SMILES string of the molecule is C=CCOCCCCCC1CCC(CCc2cc(CCCOCC=C)c(C)cc2CC)CC(CC)CC(CCC)C1.C=CCOCCCc1ccc(CC)cc1CCOC1CCC(CCOCC=C)CC(OC)CC(CC)C1. The second kappa shape index (κ2) is 44.8.